The van der Waals surface area contributed by atoms with Crippen LogP contribution in [0, 0.1) is 12.7 Å². The van der Waals surface area contributed by atoms with E-state index in [9.17, 15) is 4.39 Å². The van der Waals surface area contributed by atoms with E-state index >= 15 is 0 Å². The molecule has 0 aliphatic carbocycles. The lowest BCUT2D eigenvalue weighted by molar-refractivity contribution is 0.415. The number of methoxy groups -OCH3 is 1. The predicted molar refractivity (Wildman–Crippen MR) is 79.5 cm³/mol. The molecular weight excluding hydrogens is 255 g/mol. The minimum Gasteiger partial charge on any atom is -0.497 e. The maximum Gasteiger partial charge on any atom is 0.123 e. The van der Waals surface area contributed by atoms with Crippen LogP contribution >= 0.6 is 0 Å². The Bertz CT molecular complexity index is 569. The Labute approximate surface area is 118 Å². The topological polar surface area (TPSA) is 47.3 Å². The van der Waals surface area contributed by atoms with Crippen LogP contribution in [0.5, 0.6) is 5.75 Å². The molecule has 4 heteroatoms. The number of benzene rings is 2. The van der Waals surface area contributed by atoms with E-state index in [1.807, 2.05) is 31.2 Å². The third kappa shape index (κ3) is 3.27. The maximum atomic E-state index is 13.2. The zero-order valence-corrected chi connectivity index (χ0v) is 11.7. The van der Waals surface area contributed by atoms with Gasteiger partial charge in [0.15, 0.2) is 0 Å². The second kappa shape index (κ2) is 6.39. The average molecular weight is 274 g/mol. The quantitative estimate of drug-likeness (QED) is 0.879. The maximum absolute atomic E-state index is 13.2. The first-order valence-electron chi connectivity index (χ1n) is 6.50. The van der Waals surface area contributed by atoms with Gasteiger partial charge < -0.3 is 15.8 Å². The Kier molecular flexibility index (Phi) is 4.58. The summed E-state index contributed by atoms with van der Waals surface area (Å²) in [4.78, 5) is 0. The molecule has 0 fully saturated rings. The van der Waals surface area contributed by atoms with Gasteiger partial charge in [-0.25, -0.2) is 4.39 Å². The van der Waals surface area contributed by atoms with Gasteiger partial charge in [0.25, 0.3) is 0 Å². The standard InChI is InChI=1S/C16H19FN2O/c1-11-9-12(17)3-8-15(11)16(10-18)19-13-4-6-14(20-2)7-5-13/h3-9,16,19H,10,18H2,1-2H3. The van der Waals surface area contributed by atoms with E-state index in [0.29, 0.717) is 6.54 Å². The molecule has 106 valence electrons. The first kappa shape index (κ1) is 14.3. The van der Waals surface area contributed by atoms with Crippen molar-refractivity contribution in [3.05, 3.63) is 59.4 Å². The number of rotatable bonds is 5. The second-order valence-corrected chi connectivity index (χ2v) is 4.66. The average Bonchev–Trinajstić information content (AvgIpc) is 2.46. The van der Waals surface area contributed by atoms with Gasteiger partial charge in [-0.1, -0.05) is 6.07 Å². The summed E-state index contributed by atoms with van der Waals surface area (Å²) in [6.07, 6.45) is 0. The molecule has 0 radical (unpaired) electrons. The zero-order chi connectivity index (χ0) is 14.5. The summed E-state index contributed by atoms with van der Waals surface area (Å²) in [5.41, 5.74) is 8.68. The van der Waals surface area contributed by atoms with E-state index in [-0.39, 0.29) is 11.9 Å². The van der Waals surface area contributed by atoms with Crippen LogP contribution in [-0.4, -0.2) is 13.7 Å². The fourth-order valence-electron chi connectivity index (χ4n) is 2.18. The van der Waals surface area contributed by atoms with Gasteiger partial charge in [-0.2, -0.15) is 0 Å². The van der Waals surface area contributed by atoms with Gasteiger partial charge in [0.05, 0.1) is 13.2 Å². The number of nitrogens with one attached hydrogen (secondary N) is 1. The minimum atomic E-state index is -0.230. The van der Waals surface area contributed by atoms with Crippen LogP contribution in [0.1, 0.15) is 17.2 Å². The van der Waals surface area contributed by atoms with Crippen LogP contribution in [0.4, 0.5) is 10.1 Å². The third-order valence-corrected chi connectivity index (χ3v) is 3.27. The summed E-state index contributed by atoms with van der Waals surface area (Å²) in [5.74, 6) is 0.573. The number of halogens is 1. The SMILES string of the molecule is COc1ccc(NC(CN)c2ccc(F)cc2C)cc1. The third-order valence-electron chi connectivity index (χ3n) is 3.27. The summed E-state index contributed by atoms with van der Waals surface area (Å²) < 4.78 is 18.3. The molecule has 0 heterocycles. The monoisotopic (exact) mass is 274 g/mol. The molecule has 2 rings (SSSR count). The van der Waals surface area contributed by atoms with Gasteiger partial charge in [-0.3, -0.25) is 0 Å². The molecule has 0 amide bonds. The van der Waals surface area contributed by atoms with Crippen LogP contribution in [0.25, 0.3) is 0 Å². The molecule has 20 heavy (non-hydrogen) atoms. The molecule has 0 aliphatic rings. The molecule has 0 bridgehead atoms. The summed E-state index contributed by atoms with van der Waals surface area (Å²) >= 11 is 0. The zero-order valence-electron chi connectivity index (χ0n) is 11.7. The largest absolute Gasteiger partial charge is 0.497 e. The van der Waals surface area contributed by atoms with E-state index < -0.39 is 0 Å². The molecule has 0 aliphatic heterocycles. The van der Waals surface area contributed by atoms with Crippen molar-refractivity contribution in [2.24, 2.45) is 5.73 Å². The van der Waals surface area contributed by atoms with E-state index in [0.717, 1.165) is 22.6 Å². The fraction of sp³-hybridized carbons (Fsp3) is 0.250. The van der Waals surface area contributed by atoms with Crippen molar-refractivity contribution in [3.63, 3.8) is 0 Å². The highest BCUT2D eigenvalue weighted by Gasteiger charge is 2.12. The minimum absolute atomic E-state index is 0.0519. The smallest absolute Gasteiger partial charge is 0.123 e. The van der Waals surface area contributed by atoms with E-state index in [1.54, 1.807) is 13.2 Å². The number of nitrogens with two attached hydrogens (primary N) is 1. The van der Waals surface area contributed by atoms with Gasteiger partial charge in [0.1, 0.15) is 11.6 Å². The summed E-state index contributed by atoms with van der Waals surface area (Å²) in [5, 5.41) is 3.35. The summed E-state index contributed by atoms with van der Waals surface area (Å²) in [6, 6.07) is 12.3. The molecule has 0 spiro atoms. The Morgan fingerprint density at radius 2 is 1.90 bits per heavy atom. The molecular formula is C16H19FN2O. The van der Waals surface area contributed by atoms with Gasteiger partial charge in [-0.15, -0.1) is 0 Å². The highest BCUT2D eigenvalue weighted by molar-refractivity contribution is 5.49. The lowest BCUT2D eigenvalue weighted by atomic mass is 10.0. The van der Waals surface area contributed by atoms with Crippen molar-refractivity contribution < 1.29 is 9.13 Å². The summed E-state index contributed by atoms with van der Waals surface area (Å²) in [7, 11) is 1.63. The van der Waals surface area contributed by atoms with Crippen LogP contribution in [0.2, 0.25) is 0 Å². The lowest BCUT2D eigenvalue weighted by Crippen LogP contribution is -2.21. The van der Waals surface area contributed by atoms with Gasteiger partial charge in [-0.05, 0) is 54.4 Å². The van der Waals surface area contributed by atoms with Crippen molar-refractivity contribution in [3.8, 4) is 5.75 Å². The molecule has 2 aromatic carbocycles. The van der Waals surface area contributed by atoms with Crippen molar-refractivity contribution in [2.45, 2.75) is 13.0 Å². The molecule has 0 saturated carbocycles. The first-order valence-corrected chi connectivity index (χ1v) is 6.50. The number of hydrogen-bond donors (Lipinski definition) is 2. The Morgan fingerprint density at radius 3 is 2.45 bits per heavy atom. The van der Waals surface area contributed by atoms with Crippen LogP contribution < -0.4 is 15.8 Å². The van der Waals surface area contributed by atoms with Crippen LogP contribution in [-0.2, 0) is 0 Å². The number of aryl methyl sites for hydroxylation is 1. The van der Waals surface area contributed by atoms with Gasteiger partial charge in [0.2, 0.25) is 0 Å². The number of ether oxygens (including phenoxy) is 1. The second-order valence-electron chi connectivity index (χ2n) is 4.66. The predicted octanol–water partition coefficient (Wildman–Crippen LogP) is 3.25. The van der Waals surface area contributed by atoms with E-state index in [1.165, 1.54) is 12.1 Å². The normalized spacial score (nSPS) is 12.0. The summed E-state index contributed by atoms with van der Waals surface area (Å²) in [6.45, 7) is 2.31. The van der Waals surface area contributed by atoms with Gasteiger partial charge >= 0.3 is 0 Å². The van der Waals surface area contributed by atoms with Crippen LogP contribution in [0.3, 0.4) is 0 Å². The Balaban J connectivity index is 2.19. The van der Waals surface area contributed by atoms with Crippen molar-refractivity contribution >= 4 is 5.69 Å². The molecule has 0 saturated heterocycles. The molecule has 0 aromatic heterocycles. The molecule has 1 atom stereocenters. The number of anilines is 1. The van der Waals surface area contributed by atoms with Crippen molar-refractivity contribution in [2.75, 3.05) is 19.0 Å². The van der Waals surface area contributed by atoms with Crippen molar-refractivity contribution in [1.29, 1.82) is 0 Å². The molecule has 3 nitrogen and oxygen atoms in total. The molecule has 3 N–H and O–H groups in total. The number of hydrogen-bond acceptors (Lipinski definition) is 3. The molecule has 1 unspecified atom stereocenters. The molecule has 2 aromatic rings. The van der Waals surface area contributed by atoms with Gasteiger partial charge in [0, 0.05) is 12.2 Å². The van der Waals surface area contributed by atoms with E-state index in [4.69, 9.17) is 10.5 Å². The Hall–Kier alpha value is -2.07. The van der Waals surface area contributed by atoms with E-state index in [2.05, 4.69) is 5.32 Å². The van der Waals surface area contributed by atoms with Crippen LogP contribution in [0.15, 0.2) is 42.5 Å². The highest BCUT2D eigenvalue weighted by Crippen LogP contribution is 2.23. The first-order chi connectivity index (χ1) is 9.63. The fourth-order valence-corrected chi connectivity index (χ4v) is 2.18. The van der Waals surface area contributed by atoms with Crippen molar-refractivity contribution in [1.82, 2.24) is 0 Å². The lowest BCUT2D eigenvalue weighted by Gasteiger charge is -2.20. The Morgan fingerprint density at radius 1 is 1.20 bits per heavy atom. The highest BCUT2D eigenvalue weighted by atomic mass is 19.1.